The zero-order valence-electron chi connectivity index (χ0n) is 7.56. The molecular formula is C9H18N2. The number of rotatable bonds is 3. The molecule has 0 aromatic carbocycles. The van der Waals surface area contributed by atoms with Crippen LogP contribution in [0.4, 0.5) is 0 Å². The van der Waals surface area contributed by atoms with Crippen LogP contribution in [-0.4, -0.2) is 37.6 Å². The molecule has 2 heteroatoms. The fraction of sp³-hybridized carbons (Fsp3) is 0.778. The first-order valence-corrected chi connectivity index (χ1v) is 4.26. The van der Waals surface area contributed by atoms with E-state index in [1.165, 1.54) is 25.1 Å². The van der Waals surface area contributed by atoms with Crippen molar-refractivity contribution in [3.8, 4) is 0 Å². The highest BCUT2D eigenvalue weighted by molar-refractivity contribution is 4.94. The highest BCUT2D eigenvalue weighted by atomic mass is 15.2. The Bertz CT molecular complexity index is 142. The molecule has 1 aliphatic heterocycles. The molecule has 1 rings (SSSR count). The van der Waals surface area contributed by atoms with E-state index >= 15 is 0 Å². The predicted octanol–water partition coefficient (Wildman–Crippen LogP) is 0.856. The van der Waals surface area contributed by atoms with Gasteiger partial charge in [-0.1, -0.05) is 12.2 Å². The van der Waals surface area contributed by atoms with E-state index in [1.54, 1.807) is 0 Å². The molecule has 0 bridgehead atoms. The van der Waals surface area contributed by atoms with Crippen LogP contribution in [0.15, 0.2) is 12.2 Å². The summed E-state index contributed by atoms with van der Waals surface area (Å²) in [6.45, 7) is 9.47. The first-order chi connectivity index (χ1) is 5.22. The van der Waals surface area contributed by atoms with Crippen molar-refractivity contribution >= 4 is 0 Å². The molecule has 1 aliphatic rings. The van der Waals surface area contributed by atoms with Crippen molar-refractivity contribution in [1.29, 1.82) is 0 Å². The van der Waals surface area contributed by atoms with E-state index in [1.807, 2.05) is 7.05 Å². The Morgan fingerprint density at radius 2 is 2.45 bits per heavy atom. The third kappa shape index (κ3) is 2.64. The van der Waals surface area contributed by atoms with Gasteiger partial charge in [0.1, 0.15) is 0 Å². The SMILES string of the molecule is C=C(C)CN1CCC(NC)C1. The third-order valence-corrected chi connectivity index (χ3v) is 2.17. The summed E-state index contributed by atoms with van der Waals surface area (Å²) in [5, 5.41) is 3.30. The largest absolute Gasteiger partial charge is 0.316 e. The number of hydrogen-bond donors (Lipinski definition) is 1. The van der Waals surface area contributed by atoms with Crippen molar-refractivity contribution in [2.24, 2.45) is 0 Å². The van der Waals surface area contributed by atoms with Gasteiger partial charge in [-0.3, -0.25) is 4.90 Å². The minimum absolute atomic E-state index is 0.703. The van der Waals surface area contributed by atoms with Crippen molar-refractivity contribution in [3.05, 3.63) is 12.2 Å². The average Bonchev–Trinajstić information content (AvgIpc) is 2.34. The summed E-state index contributed by atoms with van der Waals surface area (Å²) in [5.74, 6) is 0. The molecule has 0 aromatic rings. The van der Waals surface area contributed by atoms with Crippen LogP contribution in [0.3, 0.4) is 0 Å². The van der Waals surface area contributed by atoms with Gasteiger partial charge in [0.15, 0.2) is 0 Å². The molecule has 64 valence electrons. The maximum atomic E-state index is 3.91. The van der Waals surface area contributed by atoms with Crippen molar-refractivity contribution in [2.75, 3.05) is 26.7 Å². The Labute approximate surface area is 69.3 Å². The van der Waals surface area contributed by atoms with E-state index in [0.717, 1.165) is 6.54 Å². The Morgan fingerprint density at radius 3 is 2.91 bits per heavy atom. The molecule has 1 N–H and O–H groups in total. The van der Waals surface area contributed by atoms with Gasteiger partial charge in [-0.2, -0.15) is 0 Å². The zero-order chi connectivity index (χ0) is 8.27. The summed E-state index contributed by atoms with van der Waals surface area (Å²) in [5.41, 5.74) is 1.27. The van der Waals surface area contributed by atoms with E-state index in [2.05, 4.69) is 23.7 Å². The maximum absolute atomic E-state index is 3.91. The second-order valence-corrected chi connectivity index (χ2v) is 3.47. The van der Waals surface area contributed by atoms with Gasteiger partial charge in [0.2, 0.25) is 0 Å². The summed E-state index contributed by atoms with van der Waals surface area (Å²) >= 11 is 0. The Kier molecular flexibility index (Phi) is 3.09. The fourth-order valence-corrected chi connectivity index (χ4v) is 1.59. The lowest BCUT2D eigenvalue weighted by molar-refractivity contribution is 0.358. The van der Waals surface area contributed by atoms with Crippen LogP contribution in [-0.2, 0) is 0 Å². The van der Waals surface area contributed by atoms with Crippen molar-refractivity contribution in [1.82, 2.24) is 10.2 Å². The molecule has 2 nitrogen and oxygen atoms in total. The molecular weight excluding hydrogens is 136 g/mol. The van der Waals surface area contributed by atoms with Gasteiger partial charge in [0.05, 0.1) is 0 Å². The van der Waals surface area contributed by atoms with Crippen molar-refractivity contribution in [2.45, 2.75) is 19.4 Å². The average molecular weight is 154 g/mol. The smallest absolute Gasteiger partial charge is 0.0204 e. The number of hydrogen-bond acceptors (Lipinski definition) is 2. The highest BCUT2D eigenvalue weighted by Crippen LogP contribution is 2.09. The molecule has 0 aromatic heterocycles. The van der Waals surface area contributed by atoms with Gasteiger partial charge < -0.3 is 5.32 Å². The lowest BCUT2D eigenvalue weighted by atomic mass is 10.3. The topological polar surface area (TPSA) is 15.3 Å². The van der Waals surface area contributed by atoms with E-state index in [4.69, 9.17) is 0 Å². The molecule has 1 fully saturated rings. The van der Waals surface area contributed by atoms with Gasteiger partial charge in [-0.15, -0.1) is 0 Å². The van der Waals surface area contributed by atoms with Gasteiger partial charge in [-0.25, -0.2) is 0 Å². The lowest BCUT2D eigenvalue weighted by Crippen LogP contribution is -2.30. The van der Waals surface area contributed by atoms with Crippen LogP contribution in [0, 0.1) is 0 Å². The number of likely N-dealkylation sites (N-methyl/N-ethyl adjacent to an activating group) is 1. The van der Waals surface area contributed by atoms with Gasteiger partial charge in [-0.05, 0) is 20.4 Å². The second kappa shape index (κ2) is 3.88. The van der Waals surface area contributed by atoms with Crippen LogP contribution >= 0.6 is 0 Å². The van der Waals surface area contributed by atoms with E-state index in [-0.39, 0.29) is 0 Å². The predicted molar refractivity (Wildman–Crippen MR) is 48.7 cm³/mol. The van der Waals surface area contributed by atoms with Crippen molar-refractivity contribution < 1.29 is 0 Å². The monoisotopic (exact) mass is 154 g/mol. The molecule has 0 saturated carbocycles. The molecule has 1 saturated heterocycles. The summed E-state index contributed by atoms with van der Waals surface area (Å²) in [6.07, 6.45) is 1.28. The maximum Gasteiger partial charge on any atom is 0.0204 e. The Morgan fingerprint density at radius 1 is 1.73 bits per heavy atom. The standard InChI is InChI=1S/C9H18N2/c1-8(2)6-11-5-4-9(7-11)10-3/h9-10H,1,4-7H2,2-3H3. The summed E-state index contributed by atoms with van der Waals surface area (Å²) in [6, 6.07) is 0.703. The zero-order valence-corrected chi connectivity index (χ0v) is 7.56. The number of nitrogens with one attached hydrogen (secondary N) is 1. The van der Waals surface area contributed by atoms with Gasteiger partial charge in [0.25, 0.3) is 0 Å². The number of nitrogens with zero attached hydrogens (tertiary/aromatic N) is 1. The minimum Gasteiger partial charge on any atom is -0.316 e. The van der Waals surface area contributed by atoms with Gasteiger partial charge in [0, 0.05) is 25.7 Å². The van der Waals surface area contributed by atoms with E-state index in [9.17, 15) is 0 Å². The van der Waals surface area contributed by atoms with E-state index < -0.39 is 0 Å². The van der Waals surface area contributed by atoms with Crippen LogP contribution in [0.5, 0.6) is 0 Å². The van der Waals surface area contributed by atoms with Crippen LogP contribution in [0.2, 0.25) is 0 Å². The van der Waals surface area contributed by atoms with Crippen LogP contribution in [0.1, 0.15) is 13.3 Å². The van der Waals surface area contributed by atoms with Crippen LogP contribution in [0.25, 0.3) is 0 Å². The van der Waals surface area contributed by atoms with E-state index in [0.29, 0.717) is 6.04 Å². The summed E-state index contributed by atoms with van der Waals surface area (Å²) in [7, 11) is 2.04. The molecule has 0 spiro atoms. The lowest BCUT2D eigenvalue weighted by Gasteiger charge is -2.15. The molecule has 1 heterocycles. The Hall–Kier alpha value is -0.340. The van der Waals surface area contributed by atoms with Crippen molar-refractivity contribution in [3.63, 3.8) is 0 Å². The molecule has 11 heavy (non-hydrogen) atoms. The molecule has 0 aliphatic carbocycles. The first-order valence-electron chi connectivity index (χ1n) is 4.26. The highest BCUT2D eigenvalue weighted by Gasteiger charge is 2.19. The third-order valence-electron chi connectivity index (χ3n) is 2.17. The quantitative estimate of drug-likeness (QED) is 0.606. The minimum atomic E-state index is 0.703. The summed E-state index contributed by atoms with van der Waals surface area (Å²) in [4.78, 5) is 2.45. The van der Waals surface area contributed by atoms with Crippen LogP contribution < -0.4 is 5.32 Å². The summed E-state index contributed by atoms with van der Waals surface area (Å²) < 4.78 is 0. The molecule has 0 radical (unpaired) electrons. The second-order valence-electron chi connectivity index (χ2n) is 3.47. The number of likely N-dealkylation sites (tertiary alicyclic amines) is 1. The Balaban J connectivity index is 2.24. The van der Waals surface area contributed by atoms with Gasteiger partial charge >= 0.3 is 0 Å². The first kappa shape index (κ1) is 8.75. The molecule has 0 amide bonds. The molecule has 1 unspecified atom stereocenters. The normalized spacial score (nSPS) is 25.8. The molecule has 1 atom stereocenters. The fourth-order valence-electron chi connectivity index (χ4n) is 1.59.